The van der Waals surface area contributed by atoms with Crippen LogP contribution in [0.3, 0.4) is 0 Å². The minimum absolute atomic E-state index is 0.0184. The van der Waals surface area contributed by atoms with E-state index in [1.54, 1.807) is 24.0 Å². The van der Waals surface area contributed by atoms with Crippen LogP contribution in [0.2, 0.25) is 0 Å². The van der Waals surface area contributed by atoms with E-state index in [0.717, 1.165) is 12.1 Å². The van der Waals surface area contributed by atoms with E-state index in [0.29, 0.717) is 5.82 Å². The first kappa shape index (κ1) is 15.1. The van der Waals surface area contributed by atoms with Crippen LogP contribution in [-0.4, -0.2) is 24.1 Å². The molecule has 3 aromatic heterocycles. The molecule has 0 atom stereocenters. The zero-order valence-corrected chi connectivity index (χ0v) is 13.0. The summed E-state index contributed by atoms with van der Waals surface area (Å²) in [6.45, 7) is 0. The number of aromatic nitrogens is 5. The first-order valence-corrected chi connectivity index (χ1v) is 7.35. The second-order valence-electron chi connectivity index (χ2n) is 5.39. The predicted octanol–water partition coefficient (Wildman–Crippen LogP) is 2.44. The molecule has 4 rings (SSSR count). The van der Waals surface area contributed by atoms with E-state index in [9.17, 15) is 13.6 Å². The molecule has 126 valence electrons. The van der Waals surface area contributed by atoms with Gasteiger partial charge in [0.05, 0.1) is 5.56 Å². The minimum atomic E-state index is -0.767. The molecule has 9 heteroatoms. The van der Waals surface area contributed by atoms with Gasteiger partial charge in [-0.15, -0.1) is 0 Å². The number of aryl methyl sites for hydroxylation is 1. The SMILES string of the molecule is Cn1ccc(Nc2nc(-c3c(F)cccc3F)n3cc[nH]c(=O)c23)n1. The zero-order valence-electron chi connectivity index (χ0n) is 13.0. The van der Waals surface area contributed by atoms with E-state index < -0.39 is 17.2 Å². The van der Waals surface area contributed by atoms with Crippen molar-refractivity contribution in [2.45, 2.75) is 0 Å². The van der Waals surface area contributed by atoms with Gasteiger partial charge in [0.25, 0.3) is 5.56 Å². The molecule has 1 aromatic carbocycles. The average molecular weight is 342 g/mol. The predicted molar refractivity (Wildman–Crippen MR) is 87.7 cm³/mol. The number of fused-ring (bicyclic) bond motifs is 1. The summed E-state index contributed by atoms with van der Waals surface area (Å²) in [4.78, 5) is 19.0. The molecule has 0 aliphatic rings. The summed E-state index contributed by atoms with van der Waals surface area (Å²) in [5.41, 5.74) is -0.626. The number of hydrogen-bond donors (Lipinski definition) is 2. The molecule has 0 bridgehead atoms. The molecule has 0 radical (unpaired) electrons. The highest BCUT2D eigenvalue weighted by molar-refractivity contribution is 5.77. The van der Waals surface area contributed by atoms with Gasteiger partial charge in [0.2, 0.25) is 0 Å². The maximum Gasteiger partial charge on any atom is 0.276 e. The molecule has 2 N–H and O–H groups in total. The molecule has 3 heterocycles. The molecule has 0 saturated heterocycles. The Kier molecular flexibility index (Phi) is 3.34. The first-order valence-electron chi connectivity index (χ1n) is 7.35. The standard InChI is InChI=1S/C16H12F2N6O/c1-23-7-5-11(22-23)20-14-13-16(25)19-6-8-24(13)15(21-14)12-9(17)3-2-4-10(12)18/h2-8H,1H3,(H,19,25)(H,20,22). The number of benzene rings is 1. The molecule has 0 aliphatic carbocycles. The summed E-state index contributed by atoms with van der Waals surface area (Å²) in [7, 11) is 1.74. The fourth-order valence-corrected chi connectivity index (χ4v) is 2.63. The average Bonchev–Trinajstić information content (AvgIpc) is 3.13. The van der Waals surface area contributed by atoms with Crippen LogP contribution in [0.25, 0.3) is 16.9 Å². The van der Waals surface area contributed by atoms with Crippen molar-refractivity contribution >= 4 is 17.2 Å². The number of aromatic amines is 1. The van der Waals surface area contributed by atoms with E-state index >= 15 is 0 Å². The van der Waals surface area contributed by atoms with Crippen LogP contribution in [0.1, 0.15) is 0 Å². The third kappa shape index (κ3) is 2.45. The van der Waals surface area contributed by atoms with E-state index in [2.05, 4.69) is 20.4 Å². The van der Waals surface area contributed by atoms with Crippen molar-refractivity contribution in [2.24, 2.45) is 7.05 Å². The van der Waals surface area contributed by atoms with Gasteiger partial charge in [0.1, 0.15) is 11.6 Å². The number of imidazole rings is 1. The van der Waals surface area contributed by atoms with Crippen molar-refractivity contribution in [3.63, 3.8) is 0 Å². The highest BCUT2D eigenvalue weighted by atomic mass is 19.1. The summed E-state index contributed by atoms with van der Waals surface area (Å²) in [6, 6.07) is 5.23. The van der Waals surface area contributed by atoms with Crippen LogP contribution in [0, 0.1) is 11.6 Å². The van der Waals surface area contributed by atoms with Crippen LogP contribution < -0.4 is 10.9 Å². The first-order chi connectivity index (χ1) is 12.0. The lowest BCUT2D eigenvalue weighted by Crippen LogP contribution is -2.09. The van der Waals surface area contributed by atoms with Crippen molar-refractivity contribution in [3.05, 3.63) is 64.8 Å². The second-order valence-corrected chi connectivity index (χ2v) is 5.39. The molecule has 0 spiro atoms. The minimum Gasteiger partial charge on any atom is -0.326 e. The monoisotopic (exact) mass is 342 g/mol. The van der Waals surface area contributed by atoms with Crippen LogP contribution in [0.15, 0.2) is 47.7 Å². The molecule has 7 nitrogen and oxygen atoms in total. The Balaban J connectivity index is 1.98. The number of nitrogens with one attached hydrogen (secondary N) is 2. The lowest BCUT2D eigenvalue weighted by Gasteiger charge is -2.03. The Labute approximate surface area is 139 Å². The summed E-state index contributed by atoms with van der Waals surface area (Å²) in [5.74, 6) is -0.951. The number of halogens is 2. The lowest BCUT2D eigenvalue weighted by molar-refractivity contribution is 0.587. The molecule has 0 amide bonds. The second kappa shape index (κ2) is 5.55. The zero-order chi connectivity index (χ0) is 17.6. The molecule has 4 aromatic rings. The smallest absolute Gasteiger partial charge is 0.276 e. The van der Waals surface area contributed by atoms with E-state index in [-0.39, 0.29) is 22.7 Å². The molecular weight excluding hydrogens is 330 g/mol. The maximum atomic E-state index is 14.2. The van der Waals surface area contributed by atoms with Gasteiger partial charge in [0.15, 0.2) is 23.0 Å². The van der Waals surface area contributed by atoms with Crippen molar-refractivity contribution in [1.29, 1.82) is 0 Å². The highest BCUT2D eigenvalue weighted by Crippen LogP contribution is 2.29. The Morgan fingerprint density at radius 2 is 1.92 bits per heavy atom. The van der Waals surface area contributed by atoms with Gasteiger partial charge in [-0.05, 0) is 12.1 Å². The number of anilines is 2. The third-order valence-corrected chi connectivity index (χ3v) is 3.71. The van der Waals surface area contributed by atoms with E-state index in [4.69, 9.17) is 0 Å². The summed E-state index contributed by atoms with van der Waals surface area (Å²) in [6.07, 6.45) is 4.57. The number of nitrogens with zero attached hydrogens (tertiary/aromatic N) is 4. The van der Waals surface area contributed by atoms with E-state index in [1.165, 1.54) is 22.9 Å². The molecule has 0 aliphatic heterocycles. The molecule has 0 saturated carbocycles. The quantitative estimate of drug-likeness (QED) is 0.599. The van der Waals surface area contributed by atoms with Gasteiger partial charge < -0.3 is 10.3 Å². The van der Waals surface area contributed by atoms with Crippen molar-refractivity contribution in [3.8, 4) is 11.4 Å². The number of H-pyrrole nitrogens is 1. The third-order valence-electron chi connectivity index (χ3n) is 3.71. The Morgan fingerprint density at radius 3 is 2.60 bits per heavy atom. The fourth-order valence-electron chi connectivity index (χ4n) is 2.63. The lowest BCUT2D eigenvalue weighted by atomic mass is 10.2. The van der Waals surface area contributed by atoms with Crippen molar-refractivity contribution in [1.82, 2.24) is 24.1 Å². The van der Waals surface area contributed by atoms with Gasteiger partial charge >= 0.3 is 0 Å². The van der Waals surface area contributed by atoms with Gasteiger partial charge in [-0.2, -0.15) is 5.10 Å². The molecule has 0 unspecified atom stereocenters. The molecular formula is C16H12F2N6O. The van der Waals surface area contributed by atoms with Crippen molar-refractivity contribution in [2.75, 3.05) is 5.32 Å². The van der Waals surface area contributed by atoms with Crippen LogP contribution in [0.4, 0.5) is 20.4 Å². The molecule has 0 fully saturated rings. The van der Waals surface area contributed by atoms with Gasteiger partial charge in [0, 0.05) is 31.7 Å². The fraction of sp³-hybridized carbons (Fsp3) is 0.0625. The number of rotatable bonds is 3. The van der Waals surface area contributed by atoms with Crippen LogP contribution in [-0.2, 0) is 7.05 Å². The summed E-state index contributed by atoms with van der Waals surface area (Å²) < 4.78 is 31.3. The Morgan fingerprint density at radius 1 is 1.16 bits per heavy atom. The van der Waals surface area contributed by atoms with Gasteiger partial charge in [-0.1, -0.05) is 6.07 Å². The van der Waals surface area contributed by atoms with Gasteiger partial charge in [-0.25, -0.2) is 13.8 Å². The summed E-state index contributed by atoms with van der Waals surface area (Å²) in [5, 5.41) is 7.06. The highest BCUT2D eigenvalue weighted by Gasteiger charge is 2.21. The summed E-state index contributed by atoms with van der Waals surface area (Å²) >= 11 is 0. The van der Waals surface area contributed by atoms with Gasteiger partial charge in [-0.3, -0.25) is 13.9 Å². The van der Waals surface area contributed by atoms with Crippen molar-refractivity contribution < 1.29 is 8.78 Å². The van der Waals surface area contributed by atoms with E-state index in [1.807, 2.05) is 0 Å². The number of hydrogen-bond acceptors (Lipinski definition) is 4. The Hall–Kier alpha value is -3.49. The largest absolute Gasteiger partial charge is 0.326 e. The topological polar surface area (TPSA) is 80.0 Å². The van der Waals surface area contributed by atoms with Crippen LogP contribution >= 0.6 is 0 Å². The van der Waals surface area contributed by atoms with Crippen LogP contribution in [0.5, 0.6) is 0 Å². The Bertz CT molecular complexity index is 1120. The normalized spacial score (nSPS) is 11.2. The maximum absolute atomic E-state index is 14.2. The molecule has 25 heavy (non-hydrogen) atoms.